The lowest BCUT2D eigenvalue weighted by atomic mass is 9.60. The highest BCUT2D eigenvalue weighted by atomic mass is 16.2. The zero-order valence-corrected chi connectivity index (χ0v) is 17.5. The number of benzene rings is 1. The van der Waals surface area contributed by atoms with Gasteiger partial charge in [-0.1, -0.05) is 58.9 Å². The number of carbonyl (C=O) groups is 2. The summed E-state index contributed by atoms with van der Waals surface area (Å²) in [6.07, 6.45) is 2.32. The highest BCUT2D eigenvalue weighted by Gasteiger charge is 2.67. The van der Waals surface area contributed by atoms with Crippen LogP contribution in [-0.2, 0) is 15.0 Å². The Kier molecular flexibility index (Phi) is 4.15. The molecule has 1 aromatic rings. The molecule has 2 fully saturated rings. The lowest BCUT2D eigenvalue weighted by molar-refractivity contribution is -0.150. The van der Waals surface area contributed by atoms with Crippen LogP contribution in [-0.4, -0.2) is 35.0 Å². The van der Waals surface area contributed by atoms with Gasteiger partial charge in [-0.2, -0.15) is 0 Å². The molecular weight excluding hydrogens is 350 g/mol. The maximum atomic E-state index is 13.6. The van der Waals surface area contributed by atoms with E-state index in [1.807, 2.05) is 30.0 Å². The summed E-state index contributed by atoms with van der Waals surface area (Å²) in [7, 11) is 0. The van der Waals surface area contributed by atoms with Crippen LogP contribution in [0.4, 0.5) is 5.69 Å². The Morgan fingerprint density at radius 3 is 2.54 bits per heavy atom. The molecule has 28 heavy (non-hydrogen) atoms. The Hall–Kier alpha value is -2.30. The standard InChI is InChI=1S/C23H31N3O2/c1-7-22(5,6)23-12-17-19(27)25-18(14(4)13(2)3)20(28)26(17)21(23)24-16-11-9-8-10-15(16)23/h7-11,13-14,17-18,21,24H,1,12H2,2-6H3,(H,25,27)/t14-,17-,18+,21-,23+/m0/s1. The fourth-order valence-corrected chi connectivity index (χ4v) is 5.39. The first kappa shape index (κ1) is 19.0. The van der Waals surface area contributed by atoms with Crippen LogP contribution >= 0.6 is 0 Å². The third-order valence-corrected chi connectivity index (χ3v) is 7.65. The molecular formula is C23H31N3O2. The summed E-state index contributed by atoms with van der Waals surface area (Å²) >= 11 is 0. The largest absolute Gasteiger partial charge is 0.364 e. The number of anilines is 1. The number of carbonyl (C=O) groups excluding carboxylic acids is 2. The second-order valence-corrected chi connectivity index (χ2v) is 9.54. The molecule has 3 aliphatic heterocycles. The zero-order valence-electron chi connectivity index (χ0n) is 17.5. The second kappa shape index (κ2) is 6.10. The van der Waals surface area contributed by atoms with Crippen molar-refractivity contribution in [3.8, 4) is 0 Å². The van der Waals surface area contributed by atoms with Gasteiger partial charge >= 0.3 is 0 Å². The SMILES string of the molecule is C=CC(C)(C)[C@@]12C[C@H]3C(=O)N[C@H]([C@@H](C)C(C)C)C(=O)N3[C@@H]1Nc1ccccc12. The van der Waals surface area contributed by atoms with Crippen molar-refractivity contribution in [2.24, 2.45) is 17.3 Å². The van der Waals surface area contributed by atoms with Gasteiger partial charge in [0.2, 0.25) is 11.8 Å². The monoisotopic (exact) mass is 381 g/mol. The van der Waals surface area contributed by atoms with E-state index in [-0.39, 0.29) is 34.7 Å². The second-order valence-electron chi connectivity index (χ2n) is 9.54. The molecule has 5 heteroatoms. The quantitative estimate of drug-likeness (QED) is 0.787. The number of piperazine rings is 1. The Morgan fingerprint density at radius 1 is 1.21 bits per heavy atom. The predicted molar refractivity (Wildman–Crippen MR) is 111 cm³/mol. The van der Waals surface area contributed by atoms with E-state index in [0.717, 1.165) is 5.69 Å². The molecule has 2 N–H and O–H groups in total. The Morgan fingerprint density at radius 2 is 1.89 bits per heavy atom. The van der Waals surface area contributed by atoms with Gasteiger partial charge in [0.05, 0.1) is 0 Å². The van der Waals surface area contributed by atoms with Crippen molar-refractivity contribution in [2.75, 3.05) is 5.32 Å². The van der Waals surface area contributed by atoms with Crippen LogP contribution in [0.2, 0.25) is 0 Å². The summed E-state index contributed by atoms with van der Waals surface area (Å²) in [5.41, 5.74) is 1.54. The third kappa shape index (κ3) is 2.25. The maximum absolute atomic E-state index is 13.6. The van der Waals surface area contributed by atoms with Crippen LogP contribution < -0.4 is 10.6 Å². The molecule has 0 aliphatic carbocycles. The zero-order chi connectivity index (χ0) is 20.4. The summed E-state index contributed by atoms with van der Waals surface area (Å²) < 4.78 is 0. The van der Waals surface area contributed by atoms with Crippen molar-refractivity contribution in [1.29, 1.82) is 0 Å². The number of nitrogens with one attached hydrogen (secondary N) is 2. The number of amides is 2. The van der Waals surface area contributed by atoms with Crippen LogP contribution in [0.1, 0.15) is 46.6 Å². The number of nitrogens with zero attached hydrogens (tertiary/aromatic N) is 1. The van der Waals surface area contributed by atoms with E-state index in [1.165, 1.54) is 5.56 Å². The van der Waals surface area contributed by atoms with Crippen LogP contribution in [0.25, 0.3) is 0 Å². The van der Waals surface area contributed by atoms with Crippen molar-refractivity contribution in [3.05, 3.63) is 42.5 Å². The summed E-state index contributed by atoms with van der Waals surface area (Å²) in [6.45, 7) is 14.6. The first-order chi connectivity index (χ1) is 13.2. The van der Waals surface area contributed by atoms with Crippen LogP contribution in [0.3, 0.4) is 0 Å². The van der Waals surface area contributed by atoms with Crippen molar-refractivity contribution in [3.63, 3.8) is 0 Å². The van der Waals surface area contributed by atoms with E-state index in [4.69, 9.17) is 0 Å². The molecule has 0 radical (unpaired) electrons. The van der Waals surface area contributed by atoms with Crippen LogP contribution in [0.5, 0.6) is 0 Å². The van der Waals surface area contributed by atoms with Gasteiger partial charge < -0.3 is 15.5 Å². The molecule has 5 nitrogen and oxygen atoms in total. The van der Waals surface area contributed by atoms with E-state index in [2.05, 4.69) is 57.0 Å². The maximum Gasteiger partial charge on any atom is 0.247 e. The highest BCUT2D eigenvalue weighted by Crippen LogP contribution is 2.60. The molecule has 0 aromatic heterocycles. The molecule has 1 aromatic carbocycles. The van der Waals surface area contributed by atoms with E-state index >= 15 is 0 Å². The molecule has 3 heterocycles. The average molecular weight is 382 g/mol. The number of hydrogen-bond acceptors (Lipinski definition) is 3. The molecule has 150 valence electrons. The van der Waals surface area contributed by atoms with Crippen molar-refractivity contribution < 1.29 is 9.59 Å². The Bertz CT molecular complexity index is 846. The number of hydrogen-bond donors (Lipinski definition) is 2. The molecule has 3 aliphatic rings. The van der Waals surface area contributed by atoms with Gasteiger partial charge in [-0.25, -0.2) is 0 Å². The molecule has 0 bridgehead atoms. The van der Waals surface area contributed by atoms with E-state index in [0.29, 0.717) is 12.3 Å². The number of rotatable bonds is 4. The first-order valence-electron chi connectivity index (χ1n) is 10.3. The Balaban J connectivity index is 1.85. The van der Waals surface area contributed by atoms with E-state index in [9.17, 15) is 9.59 Å². The number of para-hydroxylation sites is 1. The minimum atomic E-state index is -0.475. The molecule has 0 spiro atoms. The average Bonchev–Trinajstić information content (AvgIpc) is 3.17. The highest BCUT2D eigenvalue weighted by molar-refractivity contribution is 5.99. The number of allylic oxidation sites excluding steroid dienone is 1. The molecule has 0 saturated carbocycles. The Labute approximate surface area is 167 Å². The van der Waals surface area contributed by atoms with E-state index < -0.39 is 12.1 Å². The summed E-state index contributed by atoms with van der Waals surface area (Å²) in [4.78, 5) is 28.5. The lowest BCUT2D eigenvalue weighted by Gasteiger charge is -2.44. The van der Waals surface area contributed by atoms with Gasteiger partial charge in [-0.3, -0.25) is 9.59 Å². The normalized spacial score (nSPS) is 32.4. The van der Waals surface area contributed by atoms with Gasteiger partial charge in [0.1, 0.15) is 18.2 Å². The summed E-state index contributed by atoms with van der Waals surface area (Å²) in [5.74, 6) is 0.364. The van der Waals surface area contributed by atoms with Gasteiger partial charge in [-0.15, -0.1) is 6.58 Å². The fraction of sp³-hybridized carbons (Fsp3) is 0.565. The van der Waals surface area contributed by atoms with Gasteiger partial charge in [0.15, 0.2) is 0 Å². The van der Waals surface area contributed by atoms with Crippen LogP contribution in [0.15, 0.2) is 36.9 Å². The number of fused-ring (bicyclic) bond motifs is 5. The van der Waals surface area contributed by atoms with Gasteiger partial charge in [0.25, 0.3) is 0 Å². The molecule has 2 saturated heterocycles. The van der Waals surface area contributed by atoms with E-state index in [1.54, 1.807) is 0 Å². The van der Waals surface area contributed by atoms with Gasteiger partial charge in [0, 0.05) is 11.1 Å². The minimum absolute atomic E-state index is 0.0258. The van der Waals surface area contributed by atoms with Crippen molar-refractivity contribution in [1.82, 2.24) is 10.2 Å². The molecule has 2 amide bonds. The lowest BCUT2D eigenvalue weighted by Crippen LogP contribution is -2.66. The molecule has 0 unspecified atom stereocenters. The smallest absolute Gasteiger partial charge is 0.247 e. The van der Waals surface area contributed by atoms with Crippen molar-refractivity contribution in [2.45, 2.75) is 64.7 Å². The van der Waals surface area contributed by atoms with Crippen LogP contribution in [0, 0.1) is 17.3 Å². The molecule has 5 atom stereocenters. The first-order valence-corrected chi connectivity index (χ1v) is 10.3. The molecule has 4 rings (SSSR count). The minimum Gasteiger partial charge on any atom is -0.364 e. The predicted octanol–water partition coefficient (Wildman–Crippen LogP) is 3.28. The summed E-state index contributed by atoms with van der Waals surface area (Å²) in [5, 5.41) is 6.63. The third-order valence-electron chi connectivity index (χ3n) is 7.65. The summed E-state index contributed by atoms with van der Waals surface area (Å²) in [6, 6.07) is 7.31. The topological polar surface area (TPSA) is 61.4 Å². The van der Waals surface area contributed by atoms with Crippen molar-refractivity contribution >= 4 is 17.5 Å². The van der Waals surface area contributed by atoms with Gasteiger partial charge in [-0.05, 0) is 35.3 Å². The fourth-order valence-electron chi connectivity index (χ4n) is 5.39.